The number of carbonyl (C=O) groups is 1. The molecule has 2 aromatic carbocycles. The summed E-state index contributed by atoms with van der Waals surface area (Å²) in [6.45, 7) is 3.64. The lowest BCUT2D eigenvalue weighted by molar-refractivity contribution is -0.116. The van der Waals surface area contributed by atoms with E-state index in [1.807, 2.05) is 28.4 Å². The highest BCUT2D eigenvalue weighted by Gasteiger charge is 2.48. The molecule has 2 saturated heterocycles. The third-order valence-electron chi connectivity index (χ3n) is 6.35. The molecule has 4 heterocycles. The summed E-state index contributed by atoms with van der Waals surface area (Å²) in [7, 11) is 0. The maximum absolute atomic E-state index is 11.7. The second-order valence-electron chi connectivity index (χ2n) is 8.36. The van der Waals surface area contributed by atoms with Crippen molar-refractivity contribution < 1.29 is 4.79 Å². The first-order valence-corrected chi connectivity index (χ1v) is 13.6. The van der Waals surface area contributed by atoms with Gasteiger partial charge in [-0.05, 0) is 35.4 Å². The molecule has 0 aliphatic carbocycles. The Morgan fingerprint density at radius 2 is 1.59 bits per heavy atom. The normalized spacial score (nSPS) is 21.4. The fraction of sp³-hybridized carbons (Fsp3) is 0.409. The monoisotopic (exact) mass is 552 g/mol. The Kier molecular flexibility index (Phi) is 5.25. The molecule has 152 valence electrons. The Bertz CT molecular complexity index is 989. The van der Waals surface area contributed by atoms with Crippen LogP contribution < -0.4 is 10.2 Å². The first-order chi connectivity index (χ1) is 13.9. The number of thioether (sulfide) groups is 2. The summed E-state index contributed by atoms with van der Waals surface area (Å²) in [6.07, 6.45) is 0. The molecule has 1 amide bonds. The molecule has 0 atom stereocenters. The topological polar surface area (TPSA) is 32.3 Å². The van der Waals surface area contributed by atoms with E-state index >= 15 is 0 Å². The van der Waals surface area contributed by atoms with Gasteiger partial charge in [-0.25, -0.2) is 0 Å². The second kappa shape index (κ2) is 7.50. The van der Waals surface area contributed by atoms with Gasteiger partial charge in [-0.2, -0.15) is 23.5 Å². The fourth-order valence-electron chi connectivity index (χ4n) is 4.62. The molecule has 2 aromatic rings. The van der Waals surface area contributed by atoms with Crippen molar-refractivity contribution in [2.24, 2.45) is 0 Å². The zero-order valence-electron chi connectivity index (χ0n) is 16.1. The van der Waals surface area contributed by atoms with Crippen LogP contribution in [-0.2, 0) is 15.6 Å². The Hall–Kier alpha value is -0.630. The van der Waals surface area contributed by atoms with E-state index in [9.17, 15) is 4.79 Å². The van der Waals surface area contributed by atoms with Gasteiger partial charge in [0.1, 0.15) is 0 Å². The highest BCUT2D eigenvalue weighted by atomic mass is 79.9. The lowest BCUT2D eigenvalue weighted by atomic mass is 9.85. The van der Waals surface area contributed by atoms with Gasteiger partial charge in [0.05, 0.1) is 0 Å². The molecule has 0 saturated carbocycles. The number of carbonyl (C=O) groups excluding carboxylic acids is 1. The van der Waals surface area contributed by atoms with E-state index in [0.29, 0.717) is 5.41 Å². The van der Waals surface area contributed by atoms with E-state index in [1.54, 1.807) is 6.92 Å². The summed E-state index contributed by atoms with van der Waals surface area (Å²) in [6, 6.07) is 12.9. The van der Waals surface area contributed by atoms with Crippen molar-refractivity contribution in [1.82, 2.24) is 0 Å². The first kappa shape index (κ1) is 20.3. The Balaban J connectivity index is 0.000000128. The van der Waals surface area contributed by atoms with Gasteiger partial charge in [-0.3, -0.25) is 4.79 Å². The van der Waals surface area contributed by atoms with E-state index in [-0.39, 0.29) is 11.3 Å². The number of benzene rings is 2. The summed E-state index contributed by atoms with van der Waals surface area (Å²) in [5, 5.41) is 3.49. The molecule has 0 unspecified atom stereocenters. The molecule has 3 nitrogen and oxygen atoms in total. The van der Waals surface area contributed by atoms with Crippen LogP contribution in [0, 0.1) is 0 Å². The maximum Gasteiger partial charge on any atom is 0.223 e. The zero-order chi connectivity index (χ0) is 20.2. The van der Waals surface area contributed by atoms with E-state index < -0.39 is 0 Å². The van der Waals surface area contributed by atoms with Crippen LogP contribution in [0.3, 0.4) is 0 Å². The average Bonchev–Trinajstić information content (AvgIpc) is 3.17. The smallest absolute Gasteiger partial charge is 0.223 e. The van der Waals surface area contributed by atoms with Gasteiger partial charge in [0.15, 0.2) is 0 Å². The fourth-order valence-corrected chi connectivity index (χ4v) is 7.73. The van der Waals surface area contributed by atoms with Crippen LogP contribution >= 0.6 is 55.4 Å². The standard InChI is InChI=1S/C12H12BrNOS.C10H10BrNS/c1-8(15)14-5-12(6-16-7-12)10-3-2-9(13)4-11(10)14;11-7-1-2-8-9(3-7)12-4-10(8)5-13-6-10/h2-4H,5-7H2,1H3;1-3,12H,4-6H2. The number of anilines is 2. The molecule has 2 spiro atoms. The number of halogens is 2. The van der Waals surface area contributed by atoms with Crippen LogP contribution in [0.15, 0.2) is 45.3 Å². The second-order valence-corrected chi connectivity index (χ2v) is 12.2. The van der Waals surface area contributed by atoms with Gasteiger partial charge in [-0.15, -0.1) is 0 Å². The van der Waals surface area contributed by atoms with Gasteiger partial charge >= 0.3 is 0 Å². The summed E-state index contributed by atoms with van der Waals surface area (Å²) in [5.74, 6) is 5.01. The van der Waals surface area contributed by atoms with Crippen molar-refractivity contribution in [2.45, 2.75) is 17.8 Å². The SMILES string of the molecule is Brc1ccc2c(c1)NCC21CSC1.CC(=O)N1CC2(CSC2)c2ccc(Br)cc21. The summed E-state index contributed by atoms with van der Waals surface area (Å²) < 4.78 is 2.21. The van der Waals surface area contributed by atoms with Crippen molar-refractivity contribution in [2.75, 3.05) is 46.3 Å². The summed E-state index contributed by atoms with van der Waals surface area (Å²) in [5.41, 5.74) is 6.02. The molecule has 6 rings (SSSR count). The van der Waals surface area contributed by atoms with Crippen LogP contribution in [-0.4, -0.2) is 42.0 Å². The number of hydrogen-bond acceptors (Lipinski definition) is 4. The van der Waals surface area contributed by atoms with Crippen molar-refractivity contribution in [3.63, 3.8) is 0 Å². The van der Waals surface area contributed by atoms with Crippen molar-refractivity contribution >= 4 is 72.7 Å². The van der Waals surface area contributed by atoms with Crippen LogP contribution in [0.2, 0.25) is 0 Å². The zero-order valence-corrected chi connectivity index (χ0v) is 20.9. The van der Waals surface area contributed by atoms with Crippen molar-refractivity contribution in [3.8, 4) is 0 Å². The minimum Gasteiger partial charge on any atom is -0.384 e. The number of nitrogens with zero attached hydrogens (tertiary/aromatic N) is 1. The van der Waals surface area contributed by atoms with Crippen LogP contribution in [0.4, 0.5) is 11.4 Å². The molecule has 4 aliphatic rings. The van der Waals surface area contributed by atoms with Gasteiger partial charge in [0, 0.05) is 74.2 Å². The minimum atomic E-state index is 0.146. The number of fused-ring (bicyclic) bond motifs is 4. The van der Waals surface area contributed by atoms with Crippen molar-refractivity contribution in [1.29, 1.82) is 0 Å². The largest absolute Gasteiger partial charge is 0.384 e. The van der Waals surface area contributed by atoms with Crippen LogP contribution in [0.25, 0.3) is 0 Å². The summed E-state index contributed by atoms with van der Waals surface area (Å²) >= 11 is 11.0. The minimum absolute atomic E-state index is 0.146. The molecule has 29 heavy (non-hydrogen) atoms. The predicted molar refractivity (Wildman–Crippen MR) is 133 cm³/mol. The Morgan fingerprint density at radius 1 is 0.966 bits per heavy atom. The van der Waals surface area contributed by atoms with E-state index in [2.05, 4.69) is 73.6 Å². The Labute approximate surface area is 197 Å². The van der Waals surface area contributed by atoms with Crippen LogP contribution in [0.5, 0.6) is 0 Å². The van der Waals surface area contributed by atoms with Gasteiger partial charge in [0.25, 0.3) is 0 Å². The summed E-state index contributed by atoms with van der Waals surface area (Å²) in [4.78, 5) is 13.6. The first-order valence-electron chi connectivity index (χ1n) is 9.70. The number of nitrogens with one attached hydrogen (secondary N) is 1. The van der Waals surface area contributed by atoms with Crippen LogP contribution in [0.1, 0.15) is 18.1 Å². The third kappa shape index (κ3) is 3.36. The van der Waals surface area contributed by atoms with Gasteiger partial charge in [-0.1, -0.05) is 44.0 Å². The number of hydrogen-bond donors (Lipinski definition) is 1. The quantitative estimate of drug-likeness (QED) is 0.456. The molecule has 0 aromatic heterocycles. The molecule has 7 heteroatoms. The molecule has 0 radical (unpaired) electrons. The Morgan fingerprint density at radius 3 is 2.17 bits per heavy atom. The molecule has 4 aliphatic heterocycles. The van der Waals surface area contributed by atoms with Gasteiger partial charge in [0.2, 0.25) is 5.91 Å². The molecule has 2 fully saturated rings. The van der Waals surface area contributed by atoms with E-state index in [1.165, 1.54) is 32.8 Å². The molecular weight excluding hydrogens is 532 g/mol. The van der Waals surface area contributed by atoms with Gasteiger partial charge < -0.3 is 10.2 Å². The lowest BCUT2D eigenvalue weighted by Crippen LogP contribution is -2.45. The lowest BCUT2D eigenvalue weighted by Gasteiger charge is -2.38. The highest BCUT2D eigenvalue weighted by Crippen LogP contribution is 2.51. The number of amides is 1. The van der Waals surface area contributed by atoms with E-state index in [4.69, 9.17) is 0 Å². The third-order valence-corrected chi connectivity index (χ3v) is 10.4. The highest BCUT2D eigenvalue weighted by molar-refractivity contribution is 9.10. The maximum atomic E-state index is 11.7. The number of rotatable bonds is 0. The molecule has 1 N–H and O–H groups in total. The van der Waals surface area contributed by atoms with Crippen molar-refractivity contribution in [3.05, 3.63) is 56.5 Å². The molecular formula is C22H22Br2N2OS2. The predicted octanol–water partition coefficient (Wildman–Crippen LogP) is 5.66. The average molecular weight is 554 g/mol. The van der Waals surface area contributed by atoms with E-state index in [0.717, 1.165) is 34.8 Å². The molecule has 0 bridgehead atoms.